The van der Waals surface area contributed by atoms with E-state index in [1.54, 1.807) is 14.1 Å². The van der Waals surface area contributed by atoms with Gasteiger partial charge in [0.2, 0.25) is 11.5 Å². The van der Waals surface area contributed by atoms with Gasteiger partial charge in [-0.25, -0.2) is 0 Å². The number of nitrogens with two attached hydrogens (primary N) is 1. The lowest BCUT2D eigenvalue weighted by Gasteiger charge is -2.50. The zero-order valence-corrected chi connectivity index (χ0v) is 25.9. The zero-order chi connectivity index (χ0) is 34.5. The van der Waals surface area contributed by atoms with Crippen molar-refractivity contribution in [2.24, 2.45) is 17.6 Å². The molecular formula is C27H36N4O13S. The number of nitrogens with zero attached hydrogens (tertiary/aromatic N) is 3. The van der Waals surface area contributed by atoms with E-state index < -0.39 is 84.8 Å². The maximum absolute atomic E-state index is 14.0. The molecule has 4 atom stereocenters. The van der Waals surface area contributed by atoms with E-state index in [0.29, 0.717) is 24.2 Å². The minimum atomic E-state index is -4.67. The first-order valence-electron chi connectivity index (χ1n) is 13.8. The number of ketones is 2. The second-order valence-electron chi connectivity index (χ2n) is 11.6. The van der Waals surface area contributed by atoms with Crippen LogP contribution in [0.3, 0.4) is 0 Å². The predicted molar refractivity (Wildman–Crippen MR) is 157 cm³/mol. The number of nitro benzene ring substituents is 1. The Hall–Kier alpha value is -4.10. The lowest BCUT2D eigenvalue weighted by molar-refractivity contribution is -0.385. The highest BCUT2D eigenvalue weighted by Crippen LogP contribution is 2.54. The van der Waals surface area contributed by atoms with Crippen LogP contribution in [-0.4, -0.2) is 104 Å². The number of likely N-dealkylation sites (N-methyl/N-ethyl adjacent to an activating group) is 1. The Morgan fingerprint density at radius 1 is 1.20 bits per heavy atom. The fourth-order valence-corrected chi connectivity index (χ4v) is 6.58. The summed E-state index contributed by atoms with van der Waals surface area (Å²) >= 11 is 0. The van der Waals surface area contributed by atoms with E-state index in [2.05, 4.69) is 0 Å². The Kier molecular flexibility index (Phi) is 9.72. The molecule has 3 aliphatic rings. The molecule has 17 nitrogen and oxygen atoms in total. The number of hydrogen-bond acceptors (Lipinski definition) is 13. The van der Waals surface area contributed by atoms with Gasteiger partial charge in [0.25, 0.3) is 5.91 Å². The van der Waals surface area contributed by atoms with Crippen molar-refractivity contribution in [3.8, 4) is 5.75 Å². The lowest BCUT2D eigenvalue weighted by Crippen LogP contribution is -2.63. The van der Waals surface area contributed by atoms with Gasteiger partial charge in [-0.05, 0) is 58.7 Å². The Bertz CT molecular complexity index is 1620. The summed E-state index contributed by atoms with van der Waals surface area (Å²) in [6.07, 6.45) is 0.668. The fourth-order valence-electron chi connectivity index (χ4n) is 6.58. The summed E-state index contributed by atoms with van der Waals surface area (Å²) in [6, 6.07) is 0.0153. The summed E-state index contributed by atoms with van der Waals surface area (Å²) in [5.41, 5.74) is 0.962. The summed E-state index contributed by atoms with van der Waals surface area (Å²) in [5.74, 6) is -8.12. The molecule has 0 radical (unpaired) electrons. The molecule has 0 spiro atoms. The maximum atomic E-state index is 14.0. The Morgan fingerprint density at radius 3 is 2.20 bits per heavy atom. The zero-order valence-electron chi connectivity index (χ0n) is 25.1. The number of aromatic hydroxyl groups is 1. The predicted octanol–water partition coefficient (Wildman–Crippen LogP) is 1.00. The number of carbonyl (C=O) groups is 3. The van der Waals surface area contributed by atoms with Gasteiger partial charge >= 0.3 is 16.1 Å². The largest absolute Gasteiger partial charge is 0.510 e. The van der Waals surface area contributed by atoms with Crippen LogP contribution < -0.4 is 10.6 Å². The van der Waals surface area contributed by atoms with Crippen LogP contribution >= 0.6 is 0 Å². The first kappa shape index (κ1) is 35.4. The molecule has 1 aromatic rings. The quantitative estimate of drug-likeness (QED) is 0.0932. The van der Waals surface area contributed by atoms with Crippen molar-refractivity contribution >= 4 is 39.2 Å². The molecule has 0 saturated heterocycles. The van der Waals surface area contributed by atoms with Gasteiger partial charge in [0.05, 0.1) is 16.5 Å². The number of hydrogen-bond donors (Lipinski definition) is 7. The van der Waals surface area contributed by atoms with Gasteiger partial charge in [0.1, 0.15) is 17.1 Å². The number of aliphatic hydroxyl groups excluding tert-OH is 2. The highest BCUT2D eigenvalue weighted by molar-refractivity contribution is 7.79. The van der Waals surface area contributed by atoms with Crippen molar-refractivity contribution in [3.63, 3.8) is 0 Å². The molecule has 0 aromatic heterocycles. The normalized spacial score (nSPS) is 24.5. The number of amides is 1. The highest BCUT2D eigenvalue weighted by Gasteiger charge is 2.63. The van der Waals surface area contributed by atoms with E-state index in [-0.39, 0.29) is 30.0 Å². The molecule has 2 unspecified atom stereocenters. The molecule has 0 heterocycles. The van der Waals surface area contributed by atoms with Crippen molar-refractivity contribution in [3.05, 3.63) is 50.0 Å². The number of rotatable bonds is 7. The average Bonchev–Trinajstić information content (AvgIpc) is 2.88. The molecule has 45 heavy (non-hydrogen) atoms. The van der Waals surface area contributed by atoms with Crippen molar-refractivity contribution < 1.29 is 57.3 Å². The smallest absolute Gasteiger partial charge is 0.394 e. The molecule has 0 saturated carbocycles. The van der Waals surface area contributed by atoms with Crippen LogP contribution in [0.1, 0.15) is 49.5 Å². The third-order valence-corrected chi connectivity index (χ3v) is 8.27. The first-order valence-corrected chi connectivity index (χ1v) is 15.1. The molecule has 1 aromatic carbocycles. The summed E-state index contributed by atoms with van der Waals surface area (Å²) in [7, 11) is -1.57. The Morgan fingerprint density at radius 2 is 1.76 bits per heavy atom. The van der Waals surface area contributed by atoms with Gasteiger partial charge in [-0.15, -0.1) is 0 Å². The van der Waals surface area contributed by atoms with Gasteiger partial charge in [-0.1, -0.05) is 6.92 Å². The van der Waals surface area contributed by atoms with Crippen LogP contribution in [0.25, 0.3) is 0 Å². The van der Waals surface area contributed by atoms with Crippen LogP contribution in [-0.2, 0) is 26.4 Å². The molecule has 0 bridgehead atoms. The van der Waals surface area contributed by atoms with Crippen LogP contribution in [0.5, 0.6) is 5.75 Å². The average molecular weight is 657 g/mol. The topological polar surface area (TPSA) is 282 Å². The van der Waals surface area contributed by atoms with E-state index in [1.165, 1.54) is 11.0 Å². The SMILES string of the molecule is CCCN(c1cc([N+](=O)[O-])c(O)c2c1CC1CC3[C@H](N(C)C)C(O)=C(C(N)=O)C(=O)[C@@]3(O)C(O)=C1C2=O)C(C)C.O=S(=O)(O)O. The molecule has 1 amide bonds. The minimum absolute atomic E-state index is 0.0440. The van der Waals surface area contributed by atoms with Crippen molar-refractivity contribution in [1.82, 2.24) is 4.90 Å². The number of benzene rings is 1. The molecule has 248 valence electrons. The van der Waals surface area contributed by atoms with E-state index >= 15 is 0 Å². The summed E-state index contributed by atoms with van der Waals surface area (Å²) in [6.45, 7) is 6.23. The number of phenols is 1. The van der Waals surface area contributed by atoms with Gasteiger partial charge in [-0.2, -0.15) is 8.42 Å². The molecular weight excluding hydrogens is 620 g/mol. The Labute approximate surface area is 258 Å². The van der Waals surface area contributed by atoms with Gasteiger partial charge in [0, 0.05) is 35.8 Å². The second kappa shape index (κ2) is 12.4. The third kappa shape index (κ3) is 6.10. The third-order valence-electron chi connectivity index (χ3n) is 8.27. The number of Topliss-reactive ketones (excluding diaryl/α,β-unsaturated/α-hetero) is 2. The molecule has 0 aliphatic heterocycles. The second-order valence-corrected chi connectivity index (χ2v) is 12.5. The van der Waals surface area contributed by atoms with Crippen LogP contribution in [0, 0.1) is 22.0 Å². The molecule has 18 heteroatoms. The number of anilines is 1. The number of phenolic OH excluding ortho intramolecular Hbond substituents is 1. The van der Waals surface area contributed by atoms with Crippen molar-refractivity contribution in [1.29, 1.82) is 0 Å². The summed E-state index contributed by atoms with van der Waals surface area (Å²) in [4.78, 5) is 53.9. The van der Waals surface area contributed by atoms with Gasteiger partial charge in [0.15, 0.2) is 11.4 Å². The molecule has 0 fully saturated rings. The van der Waals surface area contributed by atoms with Crippen LogP contribution in [0.15, 0.2) is 28.7 Å². The van der Waals surface area contributed by atoms with E-state index in [0.717, 1.165) is 0 Å². The highest BCUT2D eigenvalue weighted by atomic mass is 32.3. The van der Waals surface area contributed by atoms with E-state index in [4.69, 9.17) is 23.3 Å². The number of aliphatic hydroxyl groups is 3. The molecule has 8 N–H and O–H groups in total. The lowest BCUT2D eigenvalue weighted by atomic mass is 9.58. The number of nitro groups is 1. The van der Waals surface area contributed by atoms with E-state index in [1.807, 2.05) is 25.7 Å². The first-order chi connectivity index (χ1) is 20.6. The summed E-state index contributed by atoms with van der Waals surface area (Å²) in [5, 5.41) is 56.8. The number of allylic oxidation sites excluding steroid dienone is 1. The van der Waals surface area contributed by atoms with E-state index in [9.17, 15) is 44.9 Å². The number of primary amides is 1. The van der Waals surface area contributed by atoms with Gasteiger partial charge < -0.3 is 31.1 Å². The molecule has 4 rings (SSSR count). The van der Waals surface area contributed by atoms with Crippen molar-refractivity contribution in [2.75, 3.05) is 25.5 Å². The molecule has 3 aliphatic carbocycles. The van der Waals surface area contributed by atoms with Crippen LogP contribution in [0.4, 0.5) is 11.4 Å². The fraction of sp³-hybridized carbons (Fsp3) is 0.519. The minimum Gasteiger partial charge on any atom is -0.510 e. The van der Waals surface area contributed by atoms with Crippen molar-refractivity contribution in [2.45, 2.75) is 57.7 Å². The standard InChI is InChI=1S/C27H34N4O9.H2O4S/c1-6-7-30(11(2)3)15-10-16(31(39)40)21(32)18-13(15)8-12-9-14-20(29(4)5)23(34)19(26(28)37)25(36)27(14,38)24(35)17(12)22(18)33;1-5(2,3)4/h10-12,14,20,32,34-35,38H,6-9H2,1-5H3,(H2,28,37);(H2,1,2,3,4)/t12?,14?,20-,27-;/m0./s1. The summed E-state index contributed by atoms with van der Waals surface area (Å²) < 4.78 is 31.6. The number of fused-ring (bicyclic) bond motifs is 3. The maximum Gasteiger partial charge on any atom is 0.394 e. The van der Waals surface area contributed by atoms with Crippen LogP contribution in [0.2, 0.25) is 0 Å². The monoisotopic (exact) mass is 656 g/mol. The number of carbonyl (C=O) groups excluding carboxylic acids is 3. The van der Waals surface area contributed by atoms with Gasteiger partial charge in [-0.3, -0.25) is 38.5 Å². The Balaban J connectivity index is 0.00000102.